The number of rotatable bonds is 3. The number of halogens is 2. The predicted molar refractivity (Wildman–Crippen MR) is 61.2 cm³/mol. The molecule has 3 nitrogen and oxygen atoms in total. The van der Waals surface area contributed by atoms with Gasteiger partial charge in [0, 0.05) is 17.3 Å². The zero-order valence-electron chi connectivity index (χ0n) is 9.60. The molecule has 1 atom stereocenters. The van der Waals surface area contributed by atoms with Crippen molar-refractivity contribution in [1.29, 1.82) is 0 Å². The highest BCUT2D eigenvalue weighted by Gasteiger charge is 2.18. The molecule has 0 aliphatic rings. The fourth-order valence-electron chi connectivity index (χ4n) is 1.61. The molecule has 18 heavy (non-hydrogen) atoms. The summed E-state index contributed by atoms with van der Waals surface area (Å²) in [5.41, 5.74) is 0.198. The SMILES string of the molecule is COc1cncc(C(O)c2cccc(F)c2F)c1. The lowest BCUT2D eigenvalue weighted by Gasteiger charge is -2.13. The Morgan fingerprint density at radius 3 is 2.78 bits per heavy atom. The fourth-order valence-corrected chi connectivity index (χ4v) is 1.61. The molecule has 1 aromatic carbocycles. The third kappa shape index (κ3) is 2.31. The van der Waals surface area contributed by atoms with Crippen molar-refractivity contribution in [2.45, 2.75) is 6.10 Å². The quantitative estimate of drug-likeness (QED) is 0.911. The van der Waals surface area contributed by atoms with Crippen LogP contribution < -0.4 is 4.74 Å². The molecule has 0 aliphatic carbocycles. The van der Waals surface area contributed by atoms with Gasteiger partial charge in [-0.1, -0.05) is 12.1 Å². The number of hydrogen-bond acceptors (Lipinski definition) is 3. The van der Waals surface area contributed by atoms with Crippen LogP contribution >= 0.6 is 0 Å². The van der Waals surface area contributed by atoms with Crippen LogP contribution in [0.25, 0.3) is 0 Å². The van der Waals surface area contributed by atoms with Crippen LogP contribution in [0.2, 0.25) is 0 Å². The molecule has 0 bridgehead atoms. The van der Waals surface area contributed by atoms with Gasteiger partial charge in [0.25, 0.3) is 0 Å². The van der Waals surface area contributed by atoms with E-state index in [4.69, 9.17) is 4.74 Å². The fraction of sp³-hybridized carbons (Fsp3) is 0.154. The zero-order chi connectivity index (χ0) is 13.1. The number of ether oxygens (including phenoxy) is 1. The van der Waals surface area contributed by atoms with Gasteiger partial charge in [-0.05, 0) is 12.1 Å². The minimum atomic E-state index is -1.29. The average Bonchev–Trinajstić information content (AvgIpc) is 2.41. The molecule has 1 N–H and O–H groups in total. The van der Waals surface area contributed by atoms with Crippen molar-refractivity contribution in [1.82, 2.24) is 4.98 Å². The lowest BCUT2D eigenvalue weighted by molar-refractivity contribution is 0.212. The number of hydrogen-bond donors (Lipinski definition) is 1. The first-order valence-electron chi connectivity index (χ1n) is 5.24. The Morgan fingerprint density at radius 1 is 1.28 bits per heavy atom. The van der Waals surface area contributed by atoms with Gasteiger partial charge in [-0.3, -0.25) is 4.98 Å². The zero-order valence-corrected chi connectivity index (χ0v) is 9.60. The van der Waals surface area contributed by atoms with Crippen molar-refractivity contribution in [3.63, 3.8) is 0 Å². The van der Waals surface area contributed by atoms with Crippen LogP contribution in [0.3, 0.4) is 0 Å². The molecular formula is C13H11F2NO2. The molecule has 0 saturated carbocycles. The van der Waals surface area contributed by atoms with Gasteiger partial charge < -0.3 is 9.84 Å². The normalized spacial score (nSPS) is 12.2. The van der Waals surface area contributed by atoms with E-state index in [1.807, 2.05) is 0 Å². The lowest BCUT2D eigenvalue weighted by Crippen LogP contribution is -2.05. The van der Waals surface area contributed by atoms with Crippen molar-refractivity contribution < 1.29 is 18.6 Å². The third-order valence-corrected chi connectivity index (χ3v) is 2.56. The molecule has 0 fully saturated rings. The maximum Gasteiger partial charge on any atom is 0.164 e. The van der Waals surface area contributed by atoms with E-state index in [9.17, 15) is 13.9 Å². The summed E-state index contributed by atoms with van der Waals surface area (Å²) in [6.45, 7) is 0. The van der Waals surface area contributed by atoms with Crippen LogP contribution in [0.4, 0.5) is 8.78 Å². The summed E-state index contributed by atoms with van der Waals surface area (Å²) in [5, 5.41) is 10.0. The van der Waals surface area contributed by atoms with Crippen LogP contribution in [0, 0.1) is 11.6 Å². The predicted octanol–water partition coefficient (Wildman–Crippen LogP) is 2.45. The van der Waals surface area contributed by atoms with Crippen molar-refractivity contribution in [3.05, 3.63) is 59.4 Å². The maximum atomic E-state index is 13.5. The summed E-state index contributed by atoms with van der Waals surface area (Å²) >= 11 is 0. The van der Waals surface area contributed by atoms with Crippen LogP contribution in [-0.4, -0.2) is 17.2 Å². The molecule has 0 spiro atoms. The second kappa shape index (κ2) is 5.10. The summed E-state index contributed by atoms with van der Waals surface area (Å²) < 4.78 is 31.6. The number of aliphatic hydroxyl groups excluding tert-OH is 1. The van der Waals surface area contributed by atoms with Crippen LogP contribution in [-0.2, 0) is 0 Å². The number of pyridine rings is 1. The average molecular weight is 251 g/mol. The minimum absolute atomic E-state index is 0.134. The Hall–Kier alpha value is -2.01. The van der Waals surface area contributed by atoms with Gasteiger partial charge in [0.05, 0.1) is 13.3 Å². The molecule has 1 unspecified atom stereocenters. The Balaban J connectivity index is 2.41. The summed E-state index contributed by atoms with van der Waals surface area (Å²) in [6.07, 6.45) is 1.54. The lowest BCUT2D eigenvalue weighted by atomic mass is 10.0. The first-order valence-corrected chi connectivity index (χ1v) is 5.24. The topological polar surface area (TPSA) is 42.4 Å². The number of methoxy groups -OCH3 is 1. The third-order valence-electron chi connectivity index (χ3n) is 2.56. The summed E-state index contributed by atoms with van der Waals surface area (Å²) in [4.78, 5) is 3.85. The standard InChI is InChI=1S/C13H11F2NO2/c1-18-9-5-8(6-16-7-9)13(17)10-3-2-4-11(14)12(10)15/h2-7,13,17H,1H3. The highest BCUT2D eigenvalue weighted by atomic mass is 19.2. The number of aromatic nitrogens is 1. The Kier molecular flexibility index (Phi) is 3.53. The van der Waals surface area contributed by atoms with E-state index in [-0.39, 0.29) is 5.56 Å². The van der Waals surface area contributed by atoms with Gasteiger partial charge in [-0.15, -0.1) is 0 Å². The van der Waals surface area contributed by atoms with E-state index in [0.717, 1.165) is 6.07 Å². The van der Waals surface area contributed by atoms with E-state index >= 15 is 0 Å². The molecule has 0 saturated heterocycles. The number of aliphatic hydroxyl groups is 1. The second-order valence-electron chi connectivity index (χ2n) is 3.70. The summed E-state index contributed by atoms with van der Waals surface area (Å²) in [5.74, 6) is -1.63. The largest absolute Gasteiger partial charge is 0.495 e. The molecule has 1 heterocycles. The summed E-state index contributed by atoms with van der Waals surface area (Å²) in [7, 11) is 1.45. The molecule has 0 radical (unpaired) electrons. The van der Waals surface area contributed by atoms with E-state index < -0.39 is 17.7 Å². The number of nitrogens with zero attached hydrogens (tertiary/aromatic N) is 1. The van der Waals surface area contributed by atoms with Crippen molar-refractivity contribution in [2.24, 2.45) is 0 Å². The molecule has 1 aromatic heterocycles. The van der Waals surface area contributed by atoms with Crippen molar-refractivity contribution in [3.8, 4) is 5.75 Å². The molecule has 0 aliphatic heterocycles. The highest BCUT2D eigenvalue weighted by molar-refractivity contribution is 5.33. The first kappa shape index (κ1) is 12.4. The van der Waals surface area contributed by atoms with Gasteiger partial charge in [0.2, 0.25) is 0 Å². The second-order valence-corrected chi connectivity index (χ2v) is 3.70. The molecule has 2 aromatic rings. The molecule has 5 heteroatoms. The summed E-state index contributed by atoms with van der Waals surface area (Å²) in [6, 6.07) is 5.17. The highest BCUT2D eigenvalue weighted by Crippen LogP contribution is 2.26. The van der Waals surface area contributed by atoms with Crippen LogP contribution in [0.1, 0.15) is 17.2 Å². The molecule has 0 amide bonds. The van der Waals surface area contributed by atoms with Gasteiger partial charge in [0.1, 0.15) is 11.9 Å². The number of benzene rings is 1. The van der Waals surface area contributed by atoms with E-state index in [2.05, 4.69) is 4.98 Å². The van der Waals surface area contributed by atoms with Crippen molar-refractivity contribution in [2.75, 3.05) is 7.11 Å². The monoisotopic (exact) mass is 251 g/mol. The van der Waals surface area contributed by atoms with Crippen LogP contribution in [0.15, 0.2) is 36.7 Å². The molecule has 2 rings (SSSR count). The van der Waals surface area contributed by atoms with E-state index in [1.54, 1.807) is 0 Å². The Labute approximate surface area is 103 Å². The minimum Gasteiger partial charge on any atom is -0.495 e. The van der Waals surface area contributed by atoms with E-state index in [1.165, 1.54) is 37.7 Å². The Morgan fingerprint density at radius 2 is 2.06 bits per heavy atom. The van der Waals surface area contributed by atoms with Crippen LogP contribution in [0.5, 0.6) is 5.75 Å². The smallest absolute Gasteiger partial charge is 0.164 e. The Bertz CT molecular complexity index is 560. The molecular weight excluding hydrogens is 240 g/mol. The first-order chi connectivity index (χ1) is 8.63. The molecule has 94 valence electrons. The van der Waals surface area contributed by atoms with Gasteiger partial charge in [-0.2, -0.15) is 0 Å². The van der Waals surface area contributed by atoms with Gasteiger partial charge in [-0.25, -0.2) is 8.78 Å². The maximum absolute atomic E-state index is 13.5. The van der Waals surface area contributed by atoms with E-state index in [0.29, 0.717) is 11.3 Å². The van der Waals surface area contributed by atoms with Crippen molar-refractivity contribution >= 4 is 0 Å². The van der Waals surface area contributed by atoms with Gasteiger partial charge >= 0.3 is 0 Å². The van der Waals surface area contributed by atoms with Gasteiger partial charge in [0.15, 0.2) is 11.6 Å².